The van der Waals surface area contributed by atoms with Gasteiger partial charge in [0.05, 0.1) is 0 Å². The van der Waals surface area contributed by atoms with Crippen LogP contribution in [-0.4, -0.2) is 18.3 Å². The van der Waals surface area contributed by atoms with Crippen molar-refractivity contribution in [2.75, 3.05) is 11.9 Å². The van der Waals surface area contributed by atoms with E-state index < -0.39 is 0 Å². The first-order chi connectivity index (χ1) is 16.1. The molecule has 0 saturated carbocycles. The number of amides is 1. The minimum absolute atomic E-state index is 0.0165. The summed E-state index contributed by atoms with van der Waals surface area (Å²) < 4.78 is 6.02. The average Bonchev–Trinajstić information content (AvgIpc) is 2.76. The van der Waals surface area contributed by atoms with Crippen molar-refractivity contribution in [1.29, 1.82) is 0 Å². The van der Waals surface area contributed by atoms with E-state index in [0.29, 0.717) is 24.3 Å². The monoisotopic (exact) mass is 463 g/mol. The number of ether oxygens (including phenoxy) is 1. The van der Waals surface area contributed by atoms with E-state index in [1.807, 2.05) is 31.2 Å². The Hall–Kier alpha value is -2.88. The fraction of sp³-hybridized carbons (Fsp3) is 0.467. The van der Waals surface area contributed by atoms with E-state index >= 15 is 0 Å². The van der Waals surface area contributed by atoms with Gasteiger partial charge in [0.25, 0.3) is 0 Å². The summed E-state index contributed by atoms with van der Waals surface area (Å²) in [7, 11) is 0. The fourth-order valence-electron chi connectivity index (χ4n) is 4.29. The standard InChI is InChI=1S/C30H41NO3/c1-8-10-11-14-24(25-15-12-13-21(3)29(25)34-18-9-2)20-28(33)31-27-19-23(22(4)32)16-17-26(27)30(5,6)7/h9,12-13,15-17,19,24H,2,8,10-11,14,18,20H2,1,3-7H3,(H,31,33). The summed E-state index contributed by atoms with van der Waals surface area (Å²) in [6, 6.07) is 11.7. The average molecular weight is 464 g/mol. The topological polar surface area (TPSA) is 55.4 Å². The number of hydrogen-bond acceptors (Lipinski definition) is 3. The molecule has 0 spiro atoms. The van der Waals surface area contributed by atoms with Gasteiger partial charge < -0.3 is 10.1 Å². The minimum atomic E-state index is -0.166. The van der Waals surface area contributed by atoms with Crippen molar-refractivity contribution in [3.63, 3.8) is 0 Å². The molecule has 1 unspecified atom stereocenters. The highest BCUT2D eigenvalue weighted by molar-refractivity contribution is 5.98. The van der Waals surface area contributed by atoms with Crippen LogP contribution in [0.15, 0.2) is 49.1 Å². The van der Waals surface area contributed by atoms with E-state index in [4.69, 9.17) is 4.74 Å². The molecule has 0 radical (unpaired) electrons. The first-order valence-corrected chi connectivity index (χ1v) is 12.4. The second-order valence-corrected chi connectivity index (χ2v) is 10.1. The van der Waals surface area contributed by atoms with Crippen molar-refractivity contribution in [3.8, 4) is 5.75 Å². The molecule has 0 bridgehead atoms. The Labute approximate surface area is 205 Å². The van der Waals surface area contributed by atoms with Gasteiger partial charge in [-0.25, -0.2) is 0 Å². The molecule has 0 aliphatic heterocycles. The van der Waals surface area contributed by atoms with Gasteiger partial charge in [-0.05, 0) is 54.4 Å². The number of aryl methyl sites for hydroxylation is 1. The molecule has 4 heteroatoms. The molecule has 0 aliphatic carbocycles. The Bertz CT molecular complexity index is 1000. The molecule has 0 heterocycles. The maximum Gasteiger partial charge on any atom is 0.224 e. The Kier molecular flexibility index (Phi) is 10.1. The number of para-hydroxylation sites is 1. The summed E-state index contributed by atoms with van der Waals surface area (Å²) in [5.74, 6) is 0.826. The van der Waals surface area contributed by atoms with E-state index in [2.05, 4.69) is 45.7 Å². The lowest BCUT2D eigenvalue weighted by molar-refractivity contribution is -0.116. The van der Waals surface area contributed by atoms with Crippen LogP contribution in [-0.2, 0) is 10.2 Å². The highest BCUT2D eigenvalue weighted by atomic mass is 16.5. The summed E-state index contributed by atoms with van der Waals surface area (Å²) in [6.45, 7) is 16.3. The number of ketones is 1. The van der Waals surface area contributed by atoms with Crippen molar-refractivity contribution < 1.29 is 14.3 Å². The van der Waals surface area contributed by atoms with Crippen LogP contribution in [0.1, 0.15) is 99.7 Å². The molecule has 2 aromatic carbocycles. The van der Waals surface area contributed by atoms with E-state index in [1.165, 1.54) is 0 Å². The smallest absolute Gasteiger partial charge is 0.224 e. The third-order valence-corrected chi connectivity index (χ3v) is 6.12. The molecule has 0 fully saturated rings. The highest BCUT2D eigenvalue weighted by Gasteiger charge is 2.24. The predicted molar refractivity (Wildman–Crippen MR) is 142 cm³/mol. The number of Topliss-reactive ketones (excluding diaryl/α,β-unsaturated/α-hetero) is 1. The molecule has 34 heavy (non-hydrogen) atoms. The molecule has 2 aromatic rings. The number of unbranched alkanes of at least 4 members (excludes halogenated alkanes) is 2. The zero-order chi connectivity index (χ0) is 25.3. The number of anilines is 1. The number of nitrogens with one attached hydrogen (secondary N) is 1. The summed E-state index contributed by atoms with van der Waals surface area (Å²) in [4.78, 5) is 25.3. The zero-order valence-electron chi connectivity index (χ0n) is 21.8. The largest absolute Gasteiger partial charge is 0.489 e. The number of rotatable bonds is 12. The fourth-order valence-corrected chi connectivity index (χ4v) is 4.29. The van der Waals surface area contributed by atoms with E-state index in [-0.39, 0.29) is 23.0 Å². The van der Waals surface area contributed by atoms with Gasteiger partial charge in [-0.1, -0.05) is 89.9 Å². The summed E-state index contributed by atoms with van der Waals surface area (Å²) in [5, 5.41) is 3.13. The van der Waals surface area contributed by atoms with Crippen LogP contribution < -0.4 is 10.1 Å². The Morgan fingerprint density at radius 1 is 1.15 bits per heavy atom. The molecule has 1 N–H and O–H groups in total. The summed E-state index contributed by atoms with van der Waals surface area (Å²) in [6.07, 6.45) is 6.31. The molecular formula is C30H41NO3. The lowest BCUT2D eigenvalue weighted by Crippen LogP contribution is -2.21. The first-order valence-electron chi connectivity index (χ1n) is 12.4. The van der Waals surface area contributed by atoms with Crippen molar-refractivity contribution in [2.45, 2.75) is 85.0 Å². The SMILES string of the molecule is C=CCOc1c(C)cccc1C(CCCCC)CC(=O)Nc1cc(C(C)=O)ccc1C(C)(C)C. The van der Waals surface area contributed by atoms with E-state index in [1.54, 1.807) is 19.1 Å². The van der Waals surface area contributed by atoms with Crippen LogP contribution in [0.25, 0.3) is 0 Å². The highest BCUT2D eigenvalue weighted by Crippen LogP contribution is 2.36. The van der Waals surface area contributed by atoms with Crippen LogP contribution >= 0.6 is 0 Å². The van der Waals surface area contributed by atoms with Crippen molar-refractivity contribution >= 4 is 17.4 Å². The lowest BCUT2D eigenvalue weighted by Gasteiger charge is -2.25. The predicted octanol–water partition coefficient (Wildman–Crippen LogP) is 7.75. The Balaban J connectivity index is 2.36. The van der Waals surface area contributed by atoms with Gasteiger partial charge in [-0.15, -0.1) is 0 Å². The number of hydrogen-bond donors (Lipinski definition) is 1. The van der Waals surface area contributed by atoms with Gasteiger partial charge in [-0.2, -0.15) is 0 Å². The third kappa shape index (κ3) is 7.58. The van der Waals surface area contributed by atoms with Crippen LogP contribution in [0.5, 0.6) is 5.75 Å². The molecule has 0 aliphatic rings. The Morgan fingerprint density at radius 3 is 2.50 bits per heavy atom. The number of carbonyl (C=O) groups excluding carboxylic acids is 2. The van der Waals surface area contributed by atoms with Crippen LogP contribution in [0.3, 0.4) is 0 Å². The molecule has 0 aromatic heterocycles. The molecule has 1 atom stereocenters. The molecule has 4 nitrogen and oxygen atoms in total. The summed E-state index contributed by atoms with van der Waals surface area (Å²) in [5.41, 5.74) is 4.29. The summed E-state index contributed by atoms with van der Waals surface area (Å²) >= 11 is 0. The van der Waals surface area contributed by atoms with Gasteiger partial charge in [0.1, 0.15) is 12.4 Å². The number of carbonyl (C=O) groups is 2. The third-order valence-electron chi connectivity index (χ3n) is 6.12. The minimum Gasteiger partial charge on any atom is -0.489 e. The second kappa shape index (κ2) is 12.5. The first kappa shape index (κ1) is 27.4. The maximum absolute atomic E-state index is 13.3. The Morgan fingerprint density at radius 2 is 1.88 bits per heavy atom. The number of benzene rings is 2. The van der Waals surface area contributed by atoms with Crippen LogP contribution in [0.4, 0.5) is 5.69 Å². The van der Waals surface area contributed by atoms with Gasteiger partial charge in [-0.3, -0.25) is 9.59 Å². The zero-order valence-corrected chi connectivity index (χ0v) is 21.8. The normalized spacial score (nSPS) is 12.2. The van der Waals surface area contributed by atoms with Crippen molar-refractivity contribution in [1.82, 2.24) is 0 Å². The molecule has 184 valence electrons. The van der Waals surface area contributed by atoms with Gasteiger partial charge in [0.15, 0.2) is 5.78 Å². The molecule has 2 rings (SSSR count). The second-order valence-electron chi connectivity index (χ2n) is 10.1. The molecular weight excluding hydrogens is 422 g/mol. The lowest BCUT2D eigenvalue weighted by atomic mass is 9.84. The van der Waals surface area contributed by atoms with Crippen molar-refractivity contribution in [3.05, 3.63) is 71.3 Å². The van der Waals surface area contributed by atoms with Crippen molar-refractivity contribution in [2.24, 2.45) is 0 Å². The van der Waals surface area contributed by atoms with Crippen LogP contribution in [0, 0.1) is 6.92 Å². The molecule has 1 amide bonds. The van der Waals surface area contributed by atoms with E-state index in [9.17, 15) is 9.59 Å². The van der Waals surface area contributed by atoms with E-state index in [0.717, 1.165) is 48.1 Å². The van der Waals surface area contributed by atoms with Gasteiger partial charge in [0, 0.05) is 17.7 Å². The maximum atomic E-state index is 13.3. The quantitative estimate of drug-likeness (QED) is 0.199. The van der Waals surface area contributed by atoms with Gasteiger partial charge in [0.2, 0.25) is 5.91 Å². The van der Waals surface area contributed by atoms with Crippen LogP contribution in [0.2, 0.25) is 0 Å². The molecule has 0 saturated heterocycles. The van der Waals surface area contributed by atoms with Gasteiger partial charge >= 0.3 is 0 Å².